The molecule has 0 spiro atoms. The minimum Gasteiger partial charge on any atom is -0.421 e. The highest BCUT2D eigenvalue weighted by Gasteiger charge is 2.44. The number of H-pyrrole nitrogens is 1. The number of nitrogens with zero attached hydrogens (tertiary/aromatic N) is 4. The number of nitrogens with one attached hydrogen (secondary N) is 2. The molecule has 1 fully saturated rings. The van der Waals surface area contributed by atoms with Crippen LogP contribution < -0.4 is 15.8 Å². The van der Waals surface area contributed by atoms with Gasteiger partial charge in [-0.15, -0.1) is 0 Å². The molecule has 0 bridgehead atoms. The second-order valence-electron chi connectivity index (χ2n) is 8.07. The minimum atomic E-state index is -0.226. The number of benzene rings is 1. The van der Waals surface area contributed by atoms with E-state index in [2.05, 4.69) is 25.3 Å². The van der Waals surface area contributed by atoms with Crippen molar-refractivity contribution in [3.05, 3.63) is 41.4 Å². The summed E-state index contributed by atoms with van der Waals surface area (Å²) in [6.45, 7) is 1.81. The highest BCUT2D eigenvalue weighted by atomic mass is 19.1. The predicted molar refractivity (Wildman–Crippen MR) is 110 cm³/mol. The maximum atomic E-state index is 15.1. The zero-order valence-corrected chi connectivity index (χ0v) is 16.5. The Morgan fingerprint density at radius 1 is 1.23 bits per heavy atom. The van der Waals surface area contributed by atoms with Crippen molar-refractivity contribution < 1.29 is 9.13 Å². The molecule has 1 saturated carbocycles. The molecule has 1 aromatic carbocycles. The monoisotopic (exact) mass is 405 g/mol. The van der Waals surface area contributed by atoms with Crippen LogP contribution in [0, 0.1) is 18.7 Å². The van der Waals surface area contributed by atoms with E-state index < -0.39 is 0 Å². The molecule has 30 heavy (non-hydrogen) atoms. The molecule has 2 aliphatic carbocycles. The molecule has 8 nitrogen and oxygen atoms in total. The Kier molecular flexibility index (Phi) is 3.55. The van der Waals surface area contributed by atoms with E-state index >= 15 is 4.39 Å². The summed E-state index contributed by atoms with van der Waals surface area (Å²) in [5.41, 5.74) is 10.00. The topological polar surface area (TPSA) is 115 Å². The maximum Gasteiger partial charge on any atom is 0.324 e. The van der Waals surface area contributed by atoms with Gasteiger partial charge in [0, 0.05) is 29.8 Å². The first-order valence-corrected chi connectivity index (χ1v) is 9.98. The number of hydrogen-bond acceptors (Lipinski definition) is 7. The molecule has 4 N–H and O–H groups in total. The smallest absolute Gasteiger partial charge is 0.324 e. The zero-order chi connectivity index (χ0) is 20.6. The van der Waals surface area contributed by atoms with Crippen LogP contribution in [-0.2, 0) is 6.42 Å². The Labute approximate surface area is 171 Å². The Balaban J connectivity index is 1.61. The summed E-state index contributed by atoms with van der Waals surface area (Å²) in [5.74, 6) is 1.17. The number of aromatic nitrogens is 5. The third-order valence-electron chi connectivity index (χ3n) is 6.41. The van der Waals surface area contributed by atoms with Gasteiger partial charge in [-0.3, -0.25) is 0 Å². The third-order valence-corrected chi connectivity index (χ3v) is 6.41. The number of anilines is 1. The fraction of sp³-hybridized carbons (Fsp3) is 0.333. The van der Waals surface area contributed by atoms with Crippen LogP contribution in [0.2, 0.25) is 0 Å². The lowest BCUT2D eigenvalue weighted by atomic mass is 9.66. The lowest BCUT2D eigenvalue weighted by Crippen LogP contribution is -2.47. The number of ether oxygens (including phenoxy) is 1. The molecule has 0 amide bonds. The summed E-state index contributed by atoms with van der Waals surface area (Å²) < 4.78 is 20.9. The predicted octanol–water partition coefficient (Wildman–Crippen LogP) is 3.17. The van der Waals surface area contributed by atoms with Crippen molar-refractivity contribution in [2.75, 3.05) is 12.4 Å². The van der Waals surface area contributed by atoms with Crippen molar-refractivity contribution in [3.63, 3.8) is 0 Å². The summed E-state index contributed by atoms with van der Waals surface area (Å²) in [6, 6.07) is 1.78. The highest BCUT2D eigenvalue weighted by Crippen LogP contribution is 2.51. The second-order valence-corrected chi connectivity index (χ2v) is 8.07. The molecule has 3 heterocycles. The molecule has 152 valence electrons. The van der Waals surface area contributed by atoms with Crippen molar-refractivity contribution in [3.8, 4) is 11.8 Å². The summed E-state index contributed by atoms with van der Waals surface area (Å²) in [4.78, 5) is 21.0. The van der Waals surface area contributed by atoms with Gasteiger partial charge in [-0.1, -0.05) is 0 Å². The van der Waals surface area contributed by atoms with Crippen LogP contribution in [0.25, 0.3) is 21.9 Å². The molecule has 0 saturated heterocycles. The van der Waals surface area contributed by atoms with E-state index in [1.54, 1.807) is 26.4 Å². The Hall–Kier alpha value is -3.33. The van der Waals surface area contributed by atoms with Crippen LogP contribution >= 0.6 is 0 Å². The number of aryl methyl sites for hydroxylation is 1. The molecule has 0 unspecified atom stereocenters. The number of halogens is 1. The summed E-state index contributed by atoms with van der Waals surface area (Å²) >= 11 is 0. The van der Waals surface area contributed by atoms with Gasteiger partial charge >= 0.3 is 6.01 Å². The van der Waals surface area contributed by atoms with Crippen LogP contribution in [0.4, 0.5) is 10.1 Å². The van der Waals surface area contributed by atoms with E-state index in [0.717, 1.165) is 28.4 Å². The molecule has 9 heteroatoms. The highest BCUT2D eigenvalue weighted by molar-refractivity contribution is 6.13. The molecule has 0 aliphatic heterocycles. The molecule has 6 rings (SSSR count). The lowest BCUT2D eigenvalue weighted by molar-refractivity contribution is 0.200. The van der Waals surface area contributed by atoms with Gasteiger partial charge < -0.3 is 20.8 Å². The fourth-order valence-electron chi connectivity index (χ4n) is 4.85. The summed E-state index contributed by atoms with van der Waals surface area (Å²) in [6.07, 6.45) is 4.58. The molecule has 0 radical (unpaired) electrons. The van der Waals surface area contributed by atoms with Gasteiger partial charge in [0.2, 0.25) is 0 Å². The first kappa shape index (κ1) is 17.5. The number of rotatable bonds is 3. The maximum absolute atomic E-state index is 15.1. The van der Waals surface area contributed by atoms with Gasteiger partial charge in [-0.05, 0) is 37.3 Å². The first-order valence-electron chi connectivity index (χ1n) is 9.98. The largest absolute Gasteiger partial charge is 0.421 e. The molecular formula is C21H20FN7O. The van der Waals surface area contributed by atoms with Crippen molar-refractivity contribution in [1.82, 2.24) is 24.9 Å². The van der Waals surface area contributed by atoms with E-state index in [1.165, 1.54) is 6.07 Å². The Morgan fingerprint density at radius 2 is 2.03 bits per heavy atom. The van der Waals surface area contributed by atoms with Crippen molar-refractivity contribution in [2.45, 2.75) is 31.7 Å². The van der Waals surface area contributed by atoms with E-state index in [-0.39, 0.29) is 29.7 Å². The number of nitrogens with two attached hydrogens (primary N) is 1. The standard InChI is InChI=1S/C21H20FN7O/c1-8-25-6-9(7-26-8)30-21-28-18-11-4-14(23)10(11)3-12-13(22)5-15(24-2)19-16(12)17(18)20(27-19)29-21/h5-7,10-11,14,24H,3-4,23H2,1-2H3,(H,27,28,29)/t10-,11+,14-/m1/s1. The SMILES string of the molecule is CNc1cc(F)c2c3c1[nH]c1nc(Oc4cnc(C)nc4)nc(c13)[C@H]1C[C@@H](N)[C@@H]1C2. The Bertz CT molecular complexity index is 1320. The third kappa shape index (κ3) is 2.35. The van der Waals surface area contributed by atoms with Crippen LogP contribution in [0.1, 0.15) is 29.4 Å². The number of aromatic amines is 1. The molecule has 3 atom stereocenters. The van der Waals surface area contributed by atoms with E-state index in [0.29, 0.717) is 34.9 Å². The lowest BCUT2D eigenvalue weighted by Gasteiger charge is -2.42. The van der Waals surface area contributed by atoms with Crippen molar-refractivity contribution in [2.24, 2.45) is 11.7 Å². The summed E-state index contributed by atoms with van der Waals surface area (Å²) in [5, 5.41) is 4.79. The number of fused-ring (bicyclic) bond motifs is 2. The van der Waals surface area contributed by atoms with Gasteiger partial charge in [0.25, 0.3) is 0 Å². The molecule has 2 aliphatic rings. The van der Waals surface area contributed by atoms with Crippen LogP contribution in [0.15, 0.2) is 18.5 Å². The Morgan fingerprint density at radius 3 is 2.77 bits per heavy atom. The first-order chi connectivity index (χ1) is 14.5. The fourth-order valence-corrected chi connectivity index (χ4v) is 4.85. The quantitative estimate of drug-likeness (QED) is 0.480. The van der Waals surface area contributed by atoms with Gasteiger partial charge in [0.1, 0.15) is 17.3 Å². The zero-order valence-electron chi connectivity index (χ0n) is 16.5. The van der Waals surface area contributed by atoms with Crippen molar-refractivity contribution in [1.29, 1.82) is 0 Å². The minimum absolute atomic E-state index is 0.0290. The van der Waals surface area contributed by atoms with Crippen LogP contribution in [0.3, 0.4) is 0 Å². The molecule has 3 aromatic heterocycles. The average molecular weight is 405 g/mol. The average Bonchev–Trinajstić information content (AvgIpc) is 3.06. The summed E-state index contributed by atoms with van der Waals surface area (Å²) in [7, 11) is 1.77. The second kappa shape index (κ2) is 6.09. The molecular weight excluding hydrogens is 385 g/mol. The van der Waals surface area contributed by atoms with Gasteiger partial charge in [-0.2, -0.15) is 9.97 Å². The van der Waals surface area contributed by atoms with E-state index in [4.69, 9.17) is 15.5 Å². The van der Waals surface area contributed by atoms with Gasteiger partial charge in [-0.25, -0.2) is 14.4 Å². The van der Waals surface area contributed by atoms with Gasteiger partial charge in [0.15, 0.2) is 5.75 Å². The molecule has 4 aromatic rings. The van der Waals surface area contributed by atoms with Crippen LogP contribution in [-0.4, -0.2) is 38.0 Å². The van der Waals surface area contributed by atoms with E-state index in [9.17, 15) is 0 Å². The van der Waals surface area contributed by atoms with Crippen LogP contribution in [0.5, 0.6) is 11.8 Å². The van der Waals surface area contributed by atoms with E-state index in [1.807, 2.05) is 0 Å². The van der Waals surface area contributed by atoms with Gasteiger partial charge in [0.05, 0.1) is 29.3 Å². The normalized spacial score (nSPS) is 22.1. The number of hydrogen-bond donors (Lipinski definition) is 3. The van der Waals surface area contributed by atoms with Crippen molar-refractivity contribution >= 4 is 27.6 Å².